The van der Waals surface area contributed by atoms with Crippen molar-refractivity contribution in [3.63, 3.8) is 0 Å². The van der Waals surface area contributed by atoms with Crippen LogP contribution < -0.4 is 16.6 Å². The second-order valence-electron chi connectivity index (χ2n) is 7.18. The Balaban J connectivity index is 1.34. The van der Waals surface area contributed by atoms with Crippen LogP contribution in [-0.2, 0) is 17.8 Å². The molecule has 0 aliphatic carbocycles. The second kappa shape index (κ2) is 7.79. The van der Waals surface area contributed by atoms with Gasteiger partial charge in [0.1, 0.15) is 0 Å². The number of carbonyl (C=O) groups is 1. The molecule has 0 fully saturated rings. The lowest BCUT2D eigenvalue weighted by atomic mass is 10.1. The number of benzene rings is 2. The van der Waals surface area contributed by atoms with Gasteiger partial charge in [0.05, 0.1) is 17.5 Å². The monoisotopic (exact) mass is 390 g/mol. The van der Waals surface area contributed by atoms with Crippen LogP contribution >= 0.6 is 0 Å². The van der Waals surface area contributed by atoms with Gasteiger partial charge in [0.15, 0.2) is 0 Å². The first-order chi connectivity index (χ1) is 14.0. The molecule has 0 bridgehead atoms. The number of nitrogens with one attached hydrogen (secondary N) is 3. The lowest BCUT2D eigenvalue weighted by molar-refractivity contribution is -0.120. The fourth-order valence-corrected chi connectivity index (χ4v) is 3.52. The van der Waals surface area contributed by atoms with Crippen LogP contribution in [0.15, 0.2) is 58.1 Å². The third-order valence-corrected chi connectivity index (χ3v) is 5.02. The molecule has 7 heteroatoms. The van der Waals surface area contributed by atoms with E-state index >= 15 is 0 Å². The largest absolute Gasteiger partial charge is 0.356 e. The maximum absolute atomic E-state index is 12.3. The zero-order chi connectivity index (χ0) is 20.4. The third-order valence-electron chi connectivity index (χ3n) is 5.02. The number of hydrogen-bond donors (Lipinski definition) is 3. The van der Waals surface area contributed by atoms with E-state index in [0.29, 0.717) is 25.1 Å². The fourth-order valence-electron chi connectivity index (χ4n) is 3.52. The van der Waals surface area contributed by atoms with E-state index in [1.165, 1.54) is 0 Å². The number of para-hydroxylation sites is 2. The number of amides is 1. The van der Waals surface area contributed by atoms with Crippen LogP contribution in [0, 0.1) is 6.92 Å². The van der Waals surface area contributed by atoms with Crippen molar-refractivity contribution >= 4 is 27.8 Å². The summed E-state index contributed by atoms with van der Waals surface area (Å²) in [6, 6.07) is 15.0. The minimum Gasteiger partial charge on any atom is -0.356 e. The molecule has 0 aliphatic heterocycles. The van der Waals surface area contributed by atoms with Gasteiger partial charge in [-0.1, -0.05) is 18.2 Å². The molecule has 0 saturated carbocycles. The molecule has 1 amide bonds. The van der Waals surface area contributed by atoms with Crippen LogP contribution in [0.25, 0.3) is 21.9 Å². The molecule has 0 atom stereocenters. The Labute approximate surface area is 166 Å². The van der Waals surface area contributed by atoms with E-state index in [1.807, 2.05) is 48.5 Å². The number of fused-ring (bicyclic) bond motifs is 2. The number of pyridine rings is 1. The van der Waals surface area contributed by atoms with Crippen molar-refractivity contribution in [1.82, 2.24) is 19.9 Å². The van der Waals surface area contributed by atoms with Gasteiger partial charge in [0.25, 0.3) is 5.56 Å². The number of aromatic nitrogens is 3. The predicted octanol–water partition coefficient (Wildman–Crippen LogP) is 2.23. The summed E-state index contributed by atoms with van der Waals surface area (Å²) in [5, 5.41) is 3.82. The number of H-pyrrole nitrogens is 2. The summed E-state index contributed by atoms with van der Waals surface area (Å²) in [4.78, 5) is 41.7. The fraction of sp³-hybridized carbons (Fsp3) is 0.227. The highest BCUT2D eigenvalue weighted by molar-refractivity contribution is 5.83. The number of hydrogen-bond acceptors (Lipinski definition) is 3. The number of rotatable bonds is 6. The molecule has 7 nitrogen and oxygen atoms in total. The SMILES string of the molecule is Cc1cc2cc(CC(=O)NCCCn3c(=O)[nH]c4ccccc43)ccc2[nH]c1=O. The topological polar surface area (TPSA) is 99.8 Å². The first-order valence-electron chi connectivity index (χ1n) is 9.58. The Morgan fingerprint density at radius 2 is 1.86 bits per heavy atom. The van der Waals surface area contributed by atoms with Crippen LogP contribution in [-0.4, -0.2) is 27.0 Å². The van der Waals surface area contributed by atoms with E-state index in [0.717, 1.165) is 27.5 Å². The smallest absolute Gasteiger partial charge is 0.326 e. The van der Waals surface area contributed by atoms with Crippen molar-refractivity contribution in [2.45, 2.75) is 26.3 Å². The Kier molecular flexibility index (Phi) is 5.03. The zero-order valence-corrected chi connectivity index (χ0v) is 16.1. The van der Waals surface area contributed by atoms with Crippen LogP contribution in [0.3, 0.4) is 0 Å². The summed E-state index contributed by atoms with van der Waals surface area (Å²) in [5.41, 5.74) is 3.73. The van der Waals surface area contributed by atoms with E-state index < -0.39 is 0 Å². The maximum atomic E-state index is 12.3. The highest BCUT2D eigenvalue weighted by atomic mass is 16.2. The summed E-state index contributed by atoms with van der Waals surface area (Å²) in [7, 11) is 0. The quantitative estimate of drug-likeness (QED) is 0.440. The lowest BCUT2D eigenvalue weighted by Gasteiger charge is -2.07. The van der Waals surface area contributed by atoms with Crippen molar-refractivity contribution < 1.29 is 4.79 Å². The molecule has 0 unspecified atom stereocenters. The van der Waals surface area contributed by atoms with E-state index in [2.05, 4.69) is 15.3 Å². The molecule has 29 heavy (non-hydrogen) atoms. The van der Waals surface area contributed by atoms with Crippen LogP contribution in [0.2, 0.25) is 0 Å². The molecule has 148 valence electrons. The van der Waals surface area contributed by atoms with Gasteiger partial charge >= 0.3 is 5.69 Å². The molecule has 4 rings (SSSR count). The van der Waals surface area contributed by atoms with E-state index in [-0.39, 0.29) is 23.6 Å². The molecular formula is C22H22N4O3. The van der Waals surface area contributed by atoms with Crippen LogP contribution in [0.5, 0.6) is 0 Å². The molecule has 2 aromatic heterocycles. The molecule has 2 heterocycles. The minimum absolute atomic E-state index is 0.0724. The molecule has 4 aromatic rings. The average Bonchev–Trinajstić information content (AvgIpc) is 3.01. The molecule has 0 radical (unpaired) electrons. The van der Waals surface area contributed by atoms with Gasteiger partial charge in [-0.15, -0.1) is 0 Å². The Hall–Kier alpha value is -3.61. The third kappa shape index (κ3) is 3.99. The van der Waals surface area contributed by atoms with Gasteiger partial charge in [0, 0.05) is 24.2 Å². The highest BCUT2D eigenvalue weighted by Crippen LogP contribution is 2.14. The van der Waals surface area contributed by atoms with E-state index in [4.69, 9.17) is 0 Å². The summed E-state index contributed by atoms with van der Waals surface area (Å²) >= 11 is 0. The molecule has 3 N–H and O–H groups in total. The number of aromatic amines is 2. The molecular weight excluding hydrogens is 368 g/mol. The van der Waals surface area contributed by atoms with Crippen molar-refractivity contribution in [1.29, 1.82) is 0 Å². The zero-order valence-electron chi connectivity index (χ0n) is 16.1. The minimum atomic E-state index is -0.137. The van der Waals surface area contributed by atoms with Gasteiger partial charge in [-0.25, -0.2) is 4.79 Å². The number of aryl methyl sites for hydroxylation is 2. The number of carbonyl (C=O) groups excluding carboxylic acids is 1. The summed E-state index contributed by atoms with van der Waals surface area (Å²) in [6.45, 7) is 2.78. The standard InChI is InChI=1S/C22H22N4O3/c1-14-11-16-12-15(7-8-17(16)24-21(14)28)13-20(27)23-9-4-10-26-19-6-3-2-5-18(19)25-22(26)29/h2-3,5-8,11-12H,4,9-10,13H2,1H3,(H,23,27)(H,24,28)(H,25,29). The first kappa shape index (κ1) is 18.7. The van der Waals surface area contributed by atoms with Gasteiger partial charge in [-0.2, -0.15) is 0 Å². The summed E-state index contributed by atoms with van der Waals surface area (Å²) < 4.78 is 1.69. The number of nitrogens with zero attached hydrogens (tertiary/aromatic N) is 1. The molecule has 0 saturated heterocycles. The average molecular weight is 390 g/mol. The molecule has 2 aromatic carbocycles. The van der Waals surface area contributed by atoms with Crippen LogP contribution in [0.1, 0.15) is 17.5 Å². The van der Waals surface area contributed by atoms with Crippen molar-refractivity contribution in [2.24, 2.45) is 0 Å². The highest BCUT2D eigenvalue weighted by Gasteiger charge is 2.07. The van der Waals surface area contributed by atoms with E-state index in [9.17, 15) is 14.4 Å². The predicted molar refractivity (Wildman–Crippen MR) is 113 cm³/mol. The maximum Gasteiger partial charge on any atom is 0.326 e. The van der Waals surface area contributed by atoms with Crippen molar-refractivity contribution in [3.05, 3.63) is 80.5 Å². The molecule has 0 aliphatic rings. The van der Waals surface area contributed by atoms with E-state index in [1.54, 1.807) is 11.5 Å². The Morgan fingerprint density at radius 1 is 1.03 bits per heavy atom. The van der Waals surface area contributed by atoms with Crippen molar-refractivity contribution in [3.8, 4) is 0 Å². The summed E-state index contributed by atoms with van der Waals surface area (Å²) in [5.74, 6) is -0.0724. The van der Waals surface area contributed by atoms with Gasteiger partial charge in [0.2, 0.25) is 5.91 Å². The van der Waals surface area contributed by atoms with Crippen LogP contribution in [0.4, 0.5) is 0 Å². The Morgan fingerprint density at radius 3 is 2.72 bits per heavy atom. The van der Waals surface area contributed by atoms with Crippen molar-refractivity contribution in [2.75, 3.05) is 6.54 Å². The summed E-state index contributed by atoms with van der Waals surface area (Å²) in [6.07, 6.45) is 0.923. The second-order valence-corrected chi connectivity index (χ2v) is 7.18. The molecule has 0 spiro atoms. The van der Waals surface area contributed by atoms with Gasteiger partial charge in [-0.05, 0) is 54.6 Å². The lowest BCUT2D eigenvalue weighted by Crippen LogP contribution is -2.27. The van der Waals surface area contributed by atoms with Gasteiger partial charge < -0.3 is 15.3 Å². The number of imidazole rings is 1. The first-order valence-corrected chi connectivity index (χ1v) is 9.58. The normalized spacial score (nSPS) is 11.2. The van der Waals surface area contributed by atoms with Gasteiger partial charge in [-0.3, -0.25) is 14.2 Å². The Bertz CT molecular complexity index is 1310.